The first-order chi connectivity index (χ1) is 13.1. The summed E-state index contributed by atoms with van der Waals surface area (Å²) in [6.45, 7) is 3.64. The summed E-state index contributed by atoms with van der Waals surface area (Å²) in [6, 6.07) is 16.7. The summed E-state index contributed by atoms with van der Waals surface area (Å²) in [6.07, 6.45) is 0.0620. The molecule has 1 aromatic heterocycles. The van der Waals surface area contributed by atoms with E-state index in [1.165, 1.54) is 23.8 Å². The number of hydrogen-bond donors (Lipinski definition) is 1. The fraction of sp³-hybridized carbons (Fsp3) is 0.190. The zero-order valence-electron chi connectivity index (χ0n) is 15.1. The molecule has 6 heteroatoms. The monoisotopic (exact) mass is 380 g/mol. The van der Waals surface area contributed by atoms with Crippen LogP contribution >= 0.6 is 11.3 Å². The van der Waals surface area contributed by atoms with Crippen molar-refractivity contribution < 1.29 is 14.3 Å². The molecule has 0 spiro atoms. The maximum atomic E-state index is 12.3. The summed E-state index contributed by atoms with van der Waals surface area (Å²) < 4.78 is 5.21. The van der Waals surface area contributed by atoms with Gasteiger partial charge in [0.25, 0.3) is 5.91 Å². The Kier molecular flexibility index (Phi) is 5.98. The lowest BCUT2D eigenvalue weighted by Gasteiger charge is -2.12. The van der Waals surface area contributed by atoms with Crippen molar-refractivity contribution in [2.45, 2.75) is 26.4 Å². The van der Waals surface area contributed by atoms with Crippen molar-refractivity contribution >= 4 is 28.3 Å². The van der Waals surface area contributed by atoms with Crippen molar-refractivity contribution in [2.75, 3.05) is 5.32 Å². The molecule has 0 bridgehead atoms. The maximum absolute atomic E-state index is 12.3. The number of aryl methyl sites for hydroxylation is 1. The molecule has 138 valence electrons. The Morgan fingerprint density at radius 1 is 1.11 bits per heavy atom. The lowest BCUT2D eigenvalue weighted by Crippen LogP contribution is -2.29. The number of nitrogens with zero attached hydrogens (tertiary/aromatic N) is 1. The zero-order valence-corrected chi connectivity index (χ0v) is 16.0. The van der Waals surface area contributed by atoms with E-state index < -0.39 is 18.0 Å². The summed E-state index contributed by atoms with van der Waals surface area (Å²) in [5.41, 5.74) is 3.46. The molecule has 0 radical (unpaired) electrons. The molecule has 2 aromatic carbocycles. The molecule has 0 fully saturated rings. The van der Waals surface area contributed by atoms with Crippen molar-refractivity contribution in [3.63, 3.8) is 0 Å². The summed E-state index contributed by atoms with van der Waals surface area (Å²) >= 11 is 1.33. The molecule has 1 unspecified atom stereocenters. The largest absolute Gasteiger partial charge is 0.449 e. The highest BCUT2D eigenvalue weighted by Crippen LogP contribution is 2.25. The SMILES string of the molecule is CCc1ccc(-c2csc(NC(=O)C(C)OC(=O)c3ccccc3)n2)cc1. The fourth-order valence-electron chi connectivity index (χ4n) is 2.44. The molecule has 1 atom stereocenters. The van der Waals surface area contributed by atoms with Gasteiger partial charge in [-0.05, 0) is 31.0 Å². The fourth-order valence-corrected chi connectivity index (χ4v) is 3.16. The summed E-state index contributed by atoms with van der Waals surface area (Å²) in [4.78, 5) is 28.8. The summed E-state index contributed by atoms with van der Waals surface area (Å²) in [5, 5.41) is 5.06. The van der Waals surface area contributed by atoms with Gasteiger partial charge in [0.15, 0.2) is 11.2 Å². The van der Waals surface area contributed by atoms with Crippen LogP contribution in [0.4, 0.5) is 5.13 Å². The van der Waals surface area contributed by atoms with Crippen LogP contribution in [-0.2, 0) is 16.0 Å². The number of rotatable bonds is 6. The minimum absolute atomic E-state index is 0.407. The van der Waals surface area contributed by atoms with Gasteiger partial charge in [-0.25, -0.2) is 9.78 Å². The number of amides is 1. The van der Waals surface area contributed by atoms with E-state index in [0.717, 1.165) is 17.7 Å². The third-order valence-electron chi connectivity index (χ3n) is 4.05. The third-order valence-corrected chi connectivity index (χ3v) is 4.81. The molecule has 0 saturated carbocycles. The molecule has 1 heterocycles. The number of carbonyl (C=O) groups is 2. The van der Waals surface area contributed by atoms with Gasteiger partial charge >= 0.3 is 5.97 Å². The second-order valence-electron chi connectivity index (χ2n) is 5.99. The first kappa shape index (κ1) is 18.8. The molecule has 5 nitrogen and oxygen atoms in total. The zero-order chi connectivity index (χ0) is 19.2. The number of ether oxygens (including phenoxy) is 1. The van der Waals surface area contributed by atoms with Crippen LogP contribution in [-0.4, -0.2) is 23.0 Å². The number of nitrogens with one attached hydrogen (secondary N) is 1. The molecule has 1 N–H and O–H groups in total. The van der Waals surface area contributed by atoms with Gasteiger partial charge in [-0.3, -0.25) is 10.1 Å². The highest BCUT2D eigenvalue weighted by atomic mass is 32.1. The number of esters is 1. The number of carbonyl (C=O) groups excluding carboxylic acids is 2. The topological polar surface area (TPSA) is 68.3 Å². The Bertz CT molecular complexity index is 920. The van der Waals surface area contributed by atoms with Crippen LogP contribution in [0.3, 0.4) is 0 Å². The van der Waals surface area contributed by atoms with E-state index in [0.29, 0.717) is 10.7 Å². The highest BCUT2D eigenvalue weighted by Gasteiger charge is 2.20. The predicted molar refractivity (Wildman–Crippen MR) is 107 cm³/mol. The minimum atomic E-state index is -0.922. The van der Waals surface area contributed by atoms with Gasteiger partial charge in [-0.2, -0.15) is 0 Å². The Hall–Kier alpha value is -2.99. The van der Waals surface area contributed by atoms with Gasteiger partial charge in [0.1, 0.15) is 0 Å². The van der Waals surface area contributed by atoms with Crippen molar-refractivity contribution in [1.29, 1.82) is 0 Å². The normalized spacial score (nSPS) is 11.6. The van der Waals surface area contributed by atoms with E-state index in [1.807, 2.05) is 23.6 Å². The average Bonchev–Trinajstić information content (AvgIpc) is 3.17. The number of hydrogen-bond acceptors (Lipinski definition) is 5. The molecule has 1 amide bonds. The van der Waals surface area contributed by atoms with E-state index in [1.54, 1.807) is 24.3 Å². The molecule has 0 saturated heterocycles. The lowest BCUT2D eigenvalue weighted by molar-refractivity contribution is -0.123. The third kappa shape index (κ3) is 4.80. The van der Waals surface area contributed by atoms with Gasteiger partial charge < -0.3 is 4.74 Å². The first-order valence-electron chi connectivity index (χ1n) is 8.68. The van der Waals surface area contributed by atoms with Crippen molar-refractivity contribution in [3.05, 3.63) is 71.1 Å². The number of aromatic nitrogens is 1. The summed E-state index contributed by atoms with van der Waals surface area (Å²) in [7, 11) is 0. The molecule has 0 aliphatic rings. The molecule has 27 heavy (non-hydrogen) atoms. The highest BCUT2D eigenvalue weighted by molar-refractivity contribution is 7.14. The van der Waals surface area contributed by atoms with Gasteiger partial charge in [0.2, 0.25) is 0 Å². The van der Waals surface area contributed by atoms with Gasteiger partial charge in [0.05, 0.1) is 11.3 Å². The van der Waals surface area contributed by atoms with E-state index in [4.69, 9.17) is 4.74 Å². The smallest absolute Gasteiger partial charge is 0.338 e. The van der Waals surface area contributed by atoms with Crippen molar-refractivity contribution in [3.8, 4) is 11.3 Å². The van der Waals surface area contributed by atoms with Crippen molar-refractivity contribution in [2.24, 2.45) is 0 Å². The van der Waals surface area contributed by atoms with Crippen LogP contribution < -0.4 is 5.32 Å². The van der Waals surface area contributed by atoms with E-state index in [-0.39, 0.29) is 0 Å². The molecule has 0 aliphatic heterocycles. The first-order valence-corrected chi connectivity index (χ1v) is 9.56. The second-order valence-corrected chi connectivity index (χ2v) is 6.85. The number of anilines is 1. The standard InChI is InChI=1S/C21H20N2O3S/c1-3-15-9-11-16(12-10-15)18-13-27-21(22-18)23-19(24)14(2)26-20(25)17-7-5-4-6-8-17/h4-14H,3H2,1-2H3,(H,22,23,24). The van der Waals surface area contributed by atoms with Crippen LogP contribution in [0.25, 0.3) is 11.3 Å². The van der Waals surface area contributed by atoms with Gasteiger partial charge in [-0.15, -0.1) is 11.3 Å². The molecule has 3 aromatic rings. The molecular formula is C21H20N2O3S. The molecular weight excluding hydrogens is 360 g/mol. The minimum Gasteiger partial charge on any atom is -0.449 e. The Morgan fingerprint density at radius 2 is 1.81 bits per heavy atom. The summed E-state index contributed by atoms with van der Waals surface area (Å²) in [5.74, 6) is -0.949. The predicted octanol–water partition coefficient (Wildman–Crippen LogP) is 4.56. The van der Waals surface area contributed by atoms with Crippen LogP contribution in [0.1, 0.15) is 29.8 Å². The quantitative estimate of drug-likeness (QED) is 0.637. The van der Waals surface area contributed by atoms with Gasteiger partial charge in [0, 0.05) is 10.9 Å². The van der Waals surface area contributed by atoms with E-state index in [9.17, 15) is 9.59 Å². The Labute approximate surface area is 162 Å². The second kappa shape index (κ2) is 8.60. The van der Waals surface area contributed by atoms with Crippen LogP contribution in [0.15, 0.2) is 60.0 Å². The van der Waals surface area contributed by atoms with Crippen LogP contribution in [0.5, 0.6) is 0 Å². The van der Waals surface area contributed by atoms with Crippen LogP contribution in [0.2, 0.25) is 0 Å². The Morgan fingerprint density at radius 3 is 2.48 bits per heavy atom. The average molecular weight is 380 g/mol. The Balaban J connectivity index is 1.60. The molecule has 3 rings (SSSR count). The van der Waals surface area contributed by atoms with Crippen LogP contribution in [0, 0.1) is 0 Å². The van der Waals surface area contributed by atoms with E-state index >= 15 is 0 Å². The van der Waals surface area contributed by atoms with Gasteiger partial charge in [-0.1, -0.05) is 49.4 Å². The van der Waals surface area contributed by atoms with E-state index in [2.05, 4.69) is 29.4 Å². The maximum Gasteiger partial charge on any atom is 0.338 e. The lowest BCUT2D eigenvalue weighted by atomic mass is 10.1. The number of benzene rings is 2. The van der Waals surface area contributed by atoms with Crippen molar-refractivity contribution in [1.82, 2.24) is 4.98 Å². The number of thiazole rings is 1. The molecule has 0 aliphatic carbocycles.